The van der Waals surface area contributed by atoms with Crippen molar-refractivity contribution in [1.82, 2.24) is 15.1 Å². The molecule has 400 valence electrons. The van der Waals surface area contributed by atoms with Gasteiger partial charge in [0.05, 0.1) is 0 Å². The van der Waals surface area contributed by atoms with E-state index in [2.05, 4.69) is 15.1 Å². The molecule has 4 nitrogen and oxygen atoms in total. The van der Waals surface area contributed by atoms with E-state index in [1.54, 1.807) is 0 Å². The Bertz CT molecular complexity index is 1040. The van der Waals surface area contributed by atoms with Crippen molar-refractivity contribution in [3.05, 3.63) is 0 Å². The first-order valence-corrected chi connectivity index (χ1v) is 32.5. The van der Waals surface area contributed by atoms with Crippen molar-refractivity contribution < 1.29 is 4.79 Å². The third-order valence-electron chi connectivity index (χ3n) is 18.3. The second kappa shape index (κ2) is 42.9. The van der Waals surface area contributed by atoms with Crippen LogP contribution in [0.5, 0.6) is 0 Å². The molecule has 2 saturated heterocycles. The molecule has 2 aliphatic carbocycles. The molecule has 1 spiro atoms. The summed E-state index contributed by atoms with van der Waals surface area (Å²) in [6.07, 6.45) is 77.9. The number of hydrogen-bond donors (Lipinski definition) is 1. The summed E-state index contributed by atoms with van der Waals surface area (Å²) in [6.45, 7) is 6.44. The maximum absolute atomic E-state index is 14.0. The number of piperazine rings is 1. The van der Waals surface area contributed by atoms with Gasteiger partial charge < -0.3 is 10.2 Å². The average Bonchev–Trinajstić information content (AvgIpc) is 4.09. The summed E-state index contributed by atoms with van der Waals surface area (Å²) in [7, 11) is 0. The van der Waals surface area contributed by atoms with Crippen LogP contribution in [0.1, 0.15) is 347 Å². The molecule has 2 aliphatic heterocycles. The summed E-state index contributed by atoms with van der Waals surface area (Å²) in [6, 6.07) is 0.788. The average molecular weight is 951 g/mol. The lowest BCUT2D eigenvalue weighted by Crippen LogP contribution is -2.52. The summed E-state index contributed by atoms with van der Waals surface area (Å²) in [5.74, 6) is 0.823. The van der Waals surface area contributed by atoms with Crippen LogP contribution in [0.3, 0.4) is 0 Å². The van der Waals surface area contributed by atoms with Gasteiger partial charge >= 0.3 is 0 Å². The summed E-state index contributed by atoms with van der Waals surface area (Å²) in [5.41, 5.74) is 0.284. The van der Waals surface area contributed by atoms with E-state index in [9.17, 15) is 4.79 Å². The van der Waals surface area contributed by atoms with Crippen LogP contribution < -0.4 is 5.32 Å². The van der Waals surface area contributed by atoms with Crippen molar-refractivity contribution in [2.45, 2.75) is 353 Å². The molecule has 0 aromatic rings. The predicted molar refractivity (Wildman–Crippen MR) is 300 cm³/mol. The molecule has 4 heteroatoms. The Morgan fingerprint density at radius 1 is 0.309 bits per heavy atom. The van der Waals surface area contributed by atoms with E-state index in [1.165, 1.54) is 340 Å². The SMILES string of the molecule is O=C(C1CC12CCCCCCCCCCCCCCCCCCCCCCCCCCCCCCCCCCCCCCCCCCCCCCCCNCC2)N1CCN(C2CCCCC2)CC1. The predicted octanol–water partition coefficient (Wildman–Crippen LogP) is 19.8. The first-order valence-electron chi connectivity index (χ1n) is 32.5. The summed E-state index contributed by atoms with van der Waals surface area (Å²) in [5, 5.41) is 3.86. The maximum Gasteiger partial charge on any atom is 0.226 e. The highest BCUT2D eigenvalue weighted by molar-refractivity contribution is 5.82. The van der Waals surface area contributed by atoms with Crippen LogP contribution in [0.25, 0.3) is 0 Å². The van der Waals surface area contributed by atoms with Gasteiger partial charge in [-0.3, -0.25) is 9.69 Å². The highest BCUT2D eigenvalue weighted by Gasteiger charge is 2.57. The Morgan fingerprint density at radius 3 is 0.912 bits per heavy atom. The molecule has 0 aromatic heterocycles. The van der Waals surface area contributed by atoms with Crippen LogP contribution in [-0.4, -0.2) is 61.0 Å². The highest BCUT2D eigenvalue weighted by atomic mass is 16.2. The van der Waals surface area contributed by atoms with E-state index in [-0.39, 0.29) is 5.41 Å². The molecule has 2 saturated carbocycles. The van der Waals surface area contributed by atoms with Gasteiger partial charge in [0.1, 0.15) is 0 Å². The molecular weight excluding hydrogens is 827 g/mol. The zero-order valence-corrected chi connectivity index (χ0v) is 46.4. The topological polar surface area (TPSA) is 35.6 Å². The van der Waals surface area contributed by atoms with Crippen molar-refractivity contribution in [3.8, 4) is 0 Å². The van der Waals surface area contributed by atoms with Crippen LogP contribution in [0.2, 0.25) is 0 Å². The van der Waals surface area contributed by atoms with E-state index < -0.39 is 0 Å². The molecule has 0 radical (unpaired) electrons. The van der Waals surface area contributed by atoms with E-state index in [4.69, 9.17) is 0 Å². The van der Waals surface area contributed by atoms with E-state index in [0.29, 0.717) is 11.8 Å². The van der Waals surface area contributed by atoms with E-state index >= 15 is 0 Å². The van der Waals surface area contributed by atoms with Crippen molar-refractivity contribution in [2.24, 2.45) is 11.3 Å². The van der Waals surface area contributed by atoms with Crippen LogP contribution in [0.15, 0.2) is 0 Å². The molecule has 0 aromatic carbocycles. The molecule has 4 aliphatic rings. The fourth-order valence-corrected chi connectivity index (χ4v) is 13.3. The molecule has 0 bridgehead atoms. The van der Waals surface area contributed by atoms with Crippen molar-refractivity contribution in [2.75, 3.05) is 39.3 Å². The Morgan fingerprint density at radius 2 is 0.588 bits per heavy atom. The molecule has 2 heterocycles. The van der Waals surface area contributed by atoms with Gasteiger partial charge in [0.2, 0.25) is 5.91 Å². The smallest absolute Gasteiger partial charge is 0.226 e. The van der Waals surface area contributed by atoms with E-state index in [1.807, 2.05) is 0 Å². The third kappa shape index (κ3) is 30.4. The standard InChI is InChI=1S/C64H123N3O/c68-63(67-58-56-66(57-59-67)61-50-46-45-47-51-61)62-60-64(62)52-48-43-41-39-37-35-33-31-29-27-25-23-21-19-17-15-13-11-9-7-5-3-1-2-4-6-8-10-12-14-16-18-20-22-24-26-28-30-32-34-36-38-40-42-44-49-54-65-55-53-64/h61-62,65H,1-60H2. The number of amides is 1. The monoisotopic (exact) mass is 950 g/mol. The molecule has 4 rings (SSSR count). The molecule has 2 unspecified atom stereocenters. The number of carbonyl (C=O) groups is 1. The maximum atomic E-state index is 14.0. The number of nitrogens with one attached hydrogen (secondary N) is 1. The molecule has 68 heavy (non-hydrogen) atoms. The fourth-order valence-electron chi connectivity index (χ4n) is 13.3. The first kappa shape index (κ1) is 59.9. The van der Waals surface area contributed by atoms with Crippen molar-refractivity contribution in [3.63, 3.8) is 0 Å². The van der Waals surface area contributed by atoms with E-state index in [0.717, 1.165) is 51.7 Å². The molecular formula is C64H123N3O. The number of hydrogen-bond acceptors (Lipinski definition) is 3. The van der Waals surface area contributed by atoms with Crippen LogP contribution in [0, 0.1) is 11.3 Å². The number of carbonyl (C=O) groups excluding carboxylic acids is 1. The summed E-state index contributed by atoms with van der Waals surface area (Å²) < 4.78 is 0. The van der Waals surface area contributed by atoms with Gasteiger partial charge in [-0.15, -0.1) is 0 Å². The molecule has 2 atom stereocenters. The second-order valence-corrected chi connectivity index (χ2v) is 24.3. The quantitative estimate of drug-likeness (QED) is 0.300. The second-order valence-electron chi connectivity index (χ2n) is 24.3. The number of rotatable bonds is 2. The molecule has 1 N–H and O–H groups in total. The Hall–Kier alpha value is -0.610. The van der Waals surface area contributed by atoms with Crippen LogP contribution >= 0.6 is 0 Å². The molecule has 4 fully saturated rings. The van der Waals surface area contributed by atoms with Gasteiger partial charge in [-0.25, -0.2) is 0 Å². The van der Waals surface area contributed by atoms with Crippen LogP contribution in [-0.2, 0) is 4.79 Å². The lowest BCUT2D eigenvalue weighted by molar-refractivity contribution is -0.135. The molecule has 1 amide bonds. The Labute approximate surface area is 427 Å². The van der Waals surface area contributed by atoms with Gasteiger partial charge in [-0.05, 0) is 57.0 Å². The van der Waals surface area contributed by atoms with Crippen molar-refractivity contribution >= 4 is 5.91 Å². The van der Waals surface area contributed by atoms with Gasteiger partial charge in [0.25, 0.3) is 0 Å². The van der Waals surface area contributed by atoms with Gasteiger partial charge in [-0.2, -0.15) is 0 Å². The van der Waals surface area contributed by atoms with Crippen molar-refractivity contribution in [1.29, 1.82) is 0 Å². The summed E-state index contributed by atoms with van der Waals surface area (Å²) in [4.78, 5) is 19.0. The summed E-state index contributed by atoms with van der Waals surface area (Å²) >= 11 is 0. The minimum Gasteiger partial charge on any atom is -0.340 e. The Balaban J connectivity index is 1.05. The lowest BCUT2D eigenvalue weighted by atomic mass is 9.90. The first-order chi connectivity index (χ1) is 33.8. The fraction of sp³-hybridized carbons (Fsp3) is 0.984. The Kier molecular flexibility index (Phi) is 37.8. The number of nitrogens with zero attached hydrogens (tertiary/aromatic N) is 2. The van der Waals surface area contributed by atoms with Gasteiger partial charge in [-0.1, -0.05) is 308 Å². The largest absolute Gasteiger partial charge is 0.340 e. The van der Waals surface area contributed by atoms with Gasteiger partial charge in [0.15, 0.2) is 0 Å². The minimum absolute atomic E-state index is 0.284. The zero-order chi connectivity index (χ0) is 47.5. The highest BCUT2D eigenvalue weighted by Crippen LogP contribution is 2.59. The minimum atomic E-state index is 0.284. The zero-order valence-electron chi connectivity index (χ0n) is 46.4. The lowest BCUT2D eigenvalue weighted by Gasteiger charge is -2.41. The third-order valence-corrected chi connectivity index (χ3v) is 18.3. The van der Waals surface area contributed by atoms with Gasteiger partial charge in [0, 0.05) is 38.1 Å². The van der Waals surface area contributed by atoms with Crippen LogP contribution in [0.4, 0.5) is 0 Å². The normalized spacial score (nSPS) is 28.4.